The monoisotopic (exact) mass is 291 g/mol. The first-order valence-corrected chi connectivity index (χ1v) is 7.25. The molecule has 114 valence electrons. The predicted octanol–water partition coefficient (Wildman–Crippen LogP) is 1.84. The van der Waals surface area contributed by atoms with Crippen molar-refractivity contribution in [3.63, 3.8) is 0 Å². The second-order valence-electron chi connectivity index (χ2n) is 5.23. The zero-order valence-electron chi connectivity index (χ0n) is 12.3. The maximum absolute atomic E-state index is 11.7. The van der Waals surface area contributed by atoms with Crippen molar-refractivity contribution in [1.82, 2.24) is 5.32 Å². The second kappa shape index (κ2) is 7.67. The Balaban J connectivity index is 1.69. The van der Waals surface area contributed by atoms with Crippen molar-refractivity contribution < 1.29 is 19.1 Å². The number of nitrogens with one attached hydrogen (secondary N) is 1. The first-order valence-electron chi connectivity index (χ1n) is 7.25. The number of hydrogen-bond acceptors (Lipinski definition) is 4. The molecule has 1 saturated carbocycles. The van der Waals surface area contributed by atoms with Crippen LogP contribution in [0.15, 0.2) is 24.3 Å². The highest BCUT2D eigenvalue weighted by molar-refractivity contribution is 5.81. The Morgan fingerprint density at radius 1 is 1.19 bits per heavy atom. The molecule has 0 aliphatic heterocycles. The van der Waals surface area contributed by atoms with Crippen molar-refractivity contribution >= 4 is 11.9 Å². The Morgan fingerprint density at radius 3 is 2.48 bits per heavy atom. The maximum atomic E-state index is 11.7. The maximum Gasteiger partial charge on any atom is 0.310 e. The third-order valence-corrected chi connectivity index (χ3v) is 3.59. The number of ether oxygens (including phenoxy) is 2. The number of amides is 1. The van der Waals surface area contributed by atoms with Crippen LogP contribution in [0.25, 0.3) is 0 Å². The number of carbonyl (C=O) groups is 2. The van der Waals surface area contributed by atoms with Crippen molar-refractivity contribution in [3.8, 4) is 5.75 Å². The number of methoxy groups -OCH3 is 1. The minimum Gasteiger partial charge on any atom is -0.497 e. The third-order valence-electron chi connectivity index (χ3n) is 3.59. The smallest absolute Gasteiger partial charge is 0.310 e. The van der Waals surface area contributed by atoms with Gasteiger partial charge in [0.05, 0.1) is 13.5 Å². The molecule has 1 amide bonds. The van der Waals surface area contributed by atoms with E-state index >= 15 is 0 Å². The molecule has 0 unspecified atom stereocenters. The number of rotatable bonds is 6. The molecular formula is C16H21NO4. The lowest BCUT2D eigenvalue weighted by Gasteiger charge is -2.12. The van der Waals surface area contributed by atoms with Gasteiger partial charge in [0.15, 0.2) is 6.61 Å². The van der Waals surface area contributed by atoms with Gasteiger partial charge in [-0.25, -0.2) is 0 Å². The van der Waals surface area contributed by atoms with Gasteiger partial charge in [0.1, 0.15) is 5.75 Å². The summed E-state index contributed by atoms with van der Waals surface area (Å²) in [5, 5.41) is 2.88. The van der Waals surface area contributed by atoms with Crippen LogP contribution in [0.4, 0.5) is 0 Å². The fraction of sp³-hybridized carbons (Fsp3) is 0.500. The SMILES string of the molecule is COc1ccc(CC(=O)OCC(=O)NC2CCCC2)cc1. The molecule has 2 rings (SSSR count). The van der Waals surface area contributed by atoms with E-state index in [2.05, 4.69) is 5.32 Å². The molecule has 5 nitrogen and oxygen atoms in total. The van der Waals surface area contributed by atoms with Crippen molar-refractivity contribution in [3.05, 3.63) is 29.8 Å². The van der Waals surface area contributed by atoms with Gasteiger partial charge in [-0.1, -0.05) is 25.0 Å². The Kier molecular flexibility index (Phi) is 5.60. The molecule has 0 saturated heterocycles. The normalized spacial score (nSPS) is 14.7. The molecule has 0 heterocycles. The van der Waals surface area contributed by atoms with Crippen LogP contribution in [-0.4, -0.2) is 31.6 Å². The standard InChI is InChI=1S/C16H21NO4/c1-20-14-8-6-12(7-9-14)10-16(19)21-11-15(18)17-13-4-2-3-5-13/h6-9,13H,2-5,10-11H2,1H3,(H,17,18). The van der Waals surface area contributed by atoms with E-state index in [-0.39, 0.29) is 25.0 Å². The van der Waals surface area contributed by atoms with Gasteiger partial charge in [0.2, 0.25) is 0 Å². The fourth-order valence-corrected chi connectivity index (χ4v) is 2.45. The summed E-state index contributed by atoms with van der Waals surface area (Å²) >= 11 is 0. The van der Waals surface area contributed by atoms with E-state index in [9.17, 15) is 9.59 Å². The van der Waals surface area contributed by atoms with Crippen molar-refractivity contribution in [2.75, 3.05) is 13.7 Å². The average Bonchev–Trinajstić information content (AvgIpc) is 2.99. The molecular weight excluding hydrogens is 270 g/mol. The molecule has 0 bridgehead atoms. The van der Waals surface area contributed by atoms with E-state index in [1.54, 1.807) is 31.4 Å². The van der Waals surface area contributed by atoms with Crippen LogP contribution >= 0.6 is 0 Å². The van der Waals surface area contributed by atoms with Gasteiger partial charge in [-0.3, -0.25) is 9.59 Å². The van der Waals surface area contributed by atoms with Crippen LogP contribution in [-0.2, 0) is 20.7 Å². The molecule has 1 aromatic carbocycles. The number of carbonyl (C=O) groups excluding carboxylic acids is 2. The van der Waals surface area contributed by atoms with Crippen LogP contribution in [0.5, 0.6) is 5.75 Å². The van der Waals surface area contributed by atoms with Crippen LogP contribution in [0.1, 0.15) is 31.2 Å². The molecule has 1 aliphatic rings. The average molecular weight is 291 g/mol. The molecule has 0 radical (unpaired) electrons. The highest BCUT2D eigenvalue weighted by atomic mass is 16.5. The van der Waals surface area contributed by atoms with Gasteiger partial charge < -0.3 is 14.8 Å². The molecule has 1 aliphatic carbocycles. The summed E-state index contributed by atoms with van der Waals surface area (Å²) in [6, 6.07) is 7.43. The number of benzene rings is 1. The number of esters is 1. The highest BCUT2D eigenvalue weighted by Crippen LogP contribution is 2.17. The summed E-state index contributed by atoms with van der Waals surface area (Å²) in [6.45, 7) is -0.203. The van der Waals surface area contributed by atoms with Gasteiger partial charge in [-0.2, -0.15) is 0 Å². The molecule has 1 fully saturated rings. The zero-order valence-corrected chi connectivity index (χ0v) is 12.3. The van der Waals surface area contributed by atoms with Crippen LogP contribution in [0.2, 0.25) is 0 Å². The summed E-state index contributed by atoms with van der Waals surface area (Å²) in [6.07, 6.45) is 4.50. The molecule has 1 N–H and O–H groups in total. The highest BCUT2D eigenvalue weighted by Gasteiger charge is 2.17. The molecule has 1 aromatic rings. The van der Waals surface area contributed by atoms with E-state index in [1.807, 2.05) is 0 Å². The van der Waals surface area contributed by atoms with E-state index < -0.39 is 5.97 Å². The van der Waals surface area contributed by atoms with Crippen LogP contribution in [0.3, 0.4) is 0 Å². The van der Waals surface area contributed by atoms with Crippen molar-refractivity contribution in [2.24, 2.45) is 0 Å². The van der Waals surface area contributed by atoms with Gasteiger partial charge in [-0.15, -0.1) is 0 Å². The summed E-state index contributed by atoms with van der Waals surface area (Å²) in [4.78, 5) is 23.3. The minimum absolute atomic E-state index is 0.153. The second-order valence-corrected chi connectivity index (χ2v) is 5.23. The van der Waals surface area contributed by atoms with E-state index in [1.165, 1.54) is 0 Å². The Morgan fingerprint density at radius 2 is 1.86 bits per heavy atom. The summed E-state index contributed by atoms with van der Waals surface area (Å²) in [5.41, 5.74) is 0.831. The van der Waals surface area contributed by atoms with Gasteiger partial charge in [0.25, 0.3) is 5.91 Å². The number of hydrogen-bond donors (Lipinski definition) is 1. The summed E-state index contributed by atoms with van der Waals surface area (Å²) in [7, 11) is 1.59. The van der Waals surface area contributed by atoms with Gasteiger partial charge >= 0.3 is 5.97 Å². The topological polar surface area (TPSA) is 64.6 Å². The first kappa shape index (κ1) is 15.4. The molecule has 0 spiro atoms. The van der Waals surface area contributed by atoms with E-state index in [4.69, 9.17) is 9.47 Å². The van der Waals surface area contributed by atoms with Crippen LogP contribution in [0, 0.1) is 0 Å². The minimum atomic E-state index is -0.401. The summed E-state index contributed by atoms with van der Waals surface area (Å²) in [5.74, 6) is 0.120. The van der Waals surface area contributed by atoms with Crippen LogP contribution < -0.4 is 10.1 Å². The van der Waals surface area contributed by atoms with Crippen molar-refractivity contribution in [2.45, 2.75) is 38.1 Å². The Labute approximate surface area is 124 Å². The lowest BCUT2D eigenvalue weighted by molar-refractivity contribution is -0.148. The zero-order chi connectivity index (χ0) is 15.1. The van der Waals surface area contributed by atoms with Gasteiger partial charge in [-0.05, 0) is 30.5 Å². The lowest BCUT2D eigenvalue weighted by Crippen LogP contribution is -2.36. The predicted molar refractivity (Wildman–Crippen MR) is 78.1 cm³/mol. The van der Waals surface area contributed by atoms with Gasteiger partial charge in [0, 0.05) is 6.04 Å². The molecule has 0 aromatic heterocycles. The molecule has 5 heteroatoms. The molecule has 21 heavy (non-hydrogen) atoms. The quantitative estimate of drug-likeness (QED) is 0.812. The third kappa shape index (κ3) is 5.10. The van der Waals surface area contributed by atoms with Crippen molar-refractivity contribution in [1.29, 1.82) is 0 Å². The fourth-order valence-electron chi connectivity index (χ4n) is 2.45. The Bertz CT molecular complexity index is 478. The van der Waals surface area contributed by atoms with E-state index in [0.29, 0.717) is 0 Å². The molecule has 0 atom stereocenters. The Hall–Kier alpha value is -2.04. The lowest BCUT2D eigenvalue weighted by atomic mass is 10.1. The summed E-state index contributed by atoms with van der Waals surface area (Å²) < 4.78 is 10.0. The largest absolute Gasteiger partial charge is 0.497 e. The van der Waals surface area contributed by atoms with E-state index in [0.717, 1.165) is 37.0 Å². The first-order chi connectivity index (χ1) is 10.2.